The van der Waals surface area contributed by atoms with E-state index in [4.69, 9.17) is 9.52 Å². The first-order valence-corrected chi connectivity index (χ1v) is 6.02. The first-order valence-electron chi connectivity index (χ1n) is 6.02. The second kappa shape index (κ2) is 6.42. The third-order valence-electron chi connectivity index (χ3n) is 2.61. The Morgan fingerprint density at radius 2 is 1.95 bits per heavy atom. The largest absolute Gasteiger partial charge is 0.481 e. The molecule has 2 aromatic rings. The van der Waals surface area contributed by atoms with Crippen LogP contribution < -0.4 is 10.6 Å². The van der Waals surface area contributed by atoms with Gasteiger partial charge >= 0.3 is 12.0 Å². The second-order valence-corrected chi connectivity index (χ2v) is 4.11. The standard InChI is InChI=1S/C14H14N2O4/c17-13(18)8-10-4-1-2-6-12(10)16-14(19)15-9-11-5-3-7-20-11/h1-7H,8-9H2,(H,17,18)(H2,15,16,19). The van der Waals surface area contributed by atoms with Crippen LogP contribution in [0.3, 0.4) is 0 Å². The van der Waals surface area contributed by atoms with Gasteiger partial charge in [-0.25, -0.2) is 4.79 Å². The third-order valence-corrected chi connectivity index (χ3v) is 2.61. The normalized spacial score (nSPS) is 10.0. The summed E-state index contributed by atoms with van der Waals surface area (Å²) < 4.78 is 5.09. The van der Waals surface area contributed by atoms with Crippen LogP contribution in [-0.2, 0) is 17.8 Å². The van der Waals surface area contributed by atoms with Crippen molar-refractivity contribution in [2.24, 2.45) is 0 Å². The summed E-state index contributed by atoms with van der Waals surface area (Å²) in [6.45, 7) is 0.264. The molecule has 0 saturated carbocycles. The van der Waals surface area contributed by atoms with Gasteiger partial charge in [-0.3, -0.25) is 4.79 Å². The highest BCUT2D eigenvalue weighted by molar-refractivity contribution is 5.90. The molecule has 1 aromatic carbocycles. The van der Waals surface area contributed by atoms with Crippen molar-refractivity contribution < 1.29 is 19.1 Å². The minimum Gasteiger partial charge on any atom is -0.481 e. The predicted molar refractivity (Wildman–Crippen MR) is 72.3 cm³/mol. The SMILES string of the molecule is O=C(O)Cc1ccccc1NC(=O)NCc1ccco1. The highest BCUT2D eigenvalue weighted by Gasteiger charge is 2.09. The minimum atomic E-state index is -0.949. The number of anilines is 1. The van der Waals surface area contributed by atoms with Crippen molar-refractivity contribution in [1.82, 2.24) is 5.32 Å². The number of hydrogen-bond donors (Lipinski definition) is 3. The number of carbonyl (C=O) groups excluding carboxylic acids is 1. The molecule has 20 heavy (non-hydrogen) atoms. The lowest BCUT2D eigenvalue weighted by atomic mass is 10.1. The molecule has 0 bridgehead atoms. The molecule has 0 unspecified atom stereocenters. The summed E-state index contributed by atoms with van der Waals surface area (Å²) in [6.07, 6.45) is 1.38. The van der Waals surface area contributed by atoms with E-state index in [1.54, 1.807) is 36.4 Å². The quantitative estimate of drug-likeness (QED) is 0.779. The lowest BCUT2D eigenvalue weighted by Crippen LogP contribution is -2.28. The molecule has 0 aliphatic rings. The summed E-state index contributed by atoms with van der Waals surface area (Å²) in [7, 11) is 0. The highest BCUT2D eigenvalue weighted by atomic mass is 16.4. The molecule has 2 rings (SSSR count). The molecule has 104 valence electrons. The van der Waals surface area contributed by atoms with E-state index in [1.807, 2.05) is 0 Å². The zero-order valence-electron chi connectivity index (χ0n) is 10.6. The molecule has 3 N–H and O–H groups in total. The highest BCUT2D eigenvalue weighted by Crippen LogP contribution is 2.15. The van der Waals surface area contributed by atoms with Gasteiger partial charge in [0.25, 0.3) is 0 Å². The summed E-state index contributed by atoms with van der Waals surface area (Å²) in [4.78, 5) is 22.5. The number of benzene rings is 1. The van der Waals surface area contributed by atoms with Crippen LogP contribution in [0.4, 0.5) is 10.5 Å². The molecular formula is C14H14N2O4. The Bertz CT molecular complexity index is 593. The van der Waals surface area contributed by atoms with Crippen molar-refractivity contribution in [2.75, 3.05) is 5.32 Å². The van der Waals surface area contributed by atoms with Gasteiger partial charge in [0.15, 0.2) is 0 Å². The fourth-order valence-corrected chi connectivity index (χ4v) is 1.71. The summed E-state index contributed by atoms with van der Waals surface area (Å²) in [5.41, 5.74) is 1.03. The van der Waals surface area contributed by atoms with Gasteiger partial charge in [-0.2, -0.15) is 0 Å². The Morgan fingerprint density at radius 3 is 2.65 bits per heavy atom. The van der Waals surface area contributed by atoms with Gasteiger partial charge in [0.2, 0.25) is 0 Å². The Kier molecular flexibility index (Phi) is 4.39. The van der Waals surface area contributed by atoms with Crippen LogP contribution in [0.15, 0.2) is 47.1 Å². The maximum Gasteiger partial charge on any atom is 0.319 e. The first kappa shape index (κ1) is 13.7. The maximum absolute atomic E-state index is 11.7. The van der Waals surface area contributed by atoms with Crippen molar-refractivity contribution in [2.45, 2.75) is 13.0 Å². The van der Waals surface area contributed by atoms with E-state index in [0.717, 1.165) is 0 Å². The van der Waals surface area contributed by atoms with E-state index in [9.17, 15) is 9.59 Å². The molecule has 0 saturated heterocycles. The number of amides is 2. The van der Waals surface area contributed by atoms with Crippen LogP contribution in [0.5, 0.6) is 0 Å². The fraction of sp³-hybridized carbons (Fsp3) is 0.143. The van der Waals surface area contributed by atoms with Gasteiger partial charge < -0.3 is 20.2 Å². The van der Waals surface area contributed by atoms with Crippen LogP contribution in [-0.4, -0.2) is 17.1 Å². The molecule has 1 aromatic heterocycles. The van der Waals surface area contributed by atoms with Crippen LogP contribution in [0, 0.1) is 0 Å². The molecule has 0 fully saturated rings. The van der Waals surface area contributed by atoms with Crippen LogP contribution in [0.2, 0.25) is 0 Å². The zero-order valence-corrected chi connectivity index (χ0v) is 10.6. The lowest BCUT2D eigenvalue weighted by Gasteiger charge is -2.10. The van der Waals surface area contributed by atoms with Crippen LogP contribution in [0.1, 0.15) is 11.3 Å². The Balaban J connectivity index is 1.95. The fourth-order valence-electron chi connectivity index (χ4n) is 1.71. The van der Waals surface area contributed by atoms with Gasteiger partial charge in [0.1, 0.15) is 5.76 Å². The van der Waals surface area contributed by atoms with Crippen molar-refractivity contribution in [3.63, 3.8) is 0 Å². The molecule has 1 heterocycles. The van der Waals surface area contributed by atoms with E-state index in [0.29, 0.717) is 17.0 Å². The molecular weight excluding hydrogens is 260 g/mol. The molecule has 0 aliphatic heterocycles. The Labute approximate surface area is 115 Å². The smallest absolute Gasteiger partial charge is 0.319 e. The maximum atomic E-state index is 11.7. The number of rotatable bonds is 5. The second-order valence-electron chi connectivity index (χ2n) is 4.11. The number of carboxylic acids is 1. The van der Waals surface area contributed by atoms with E-state index in [-0.39, 0.29) is 13.0 Å². The minimum absolute atomic E-state index is 0.144. The number of carboxylic acid groups (broad SMARTS) is 1. The third kappa shape index (κ3) is 3.88. The molecule has 6 heteroatoms. The topological polar surface area (TPSA) is 91.6 Å². The predicted octanol–water partition coefficient (Wildman–Crippen LogP) is 2.23. The van der Waals surface area contributed by atoms with Gasteiger partial charge in [-0.15, -0.1) is 0 Å². The molecule has 6 nitrogen and oxygen atoms in total. The summed E-state index contributed by atoms with van der Waals surface area (Å²) >= 11 is 0. The summed E-state index contributed by atoms with van der Waals surface area (Å²) in [5, 5.41) is 14.1. The van der Waals surface area contributed by atoms with Gasteiger partial charge in [0, 0.05) is 5.69 Å². The molecule has 0 aliphatic carbocycles. The van der Waals surface area contributed by atoms with Crippen LogP contribution >= 0.6 is 0 Å². The van der Waals surface area contributed by atoms with Crippen molar-refractivity contribution in [1.29, 1.82) is 0 Å². The van der Waals surface area contributed by atoms with E-state index in [2.05, 4.69) is 10.6 Å². The number of furan rings is 1. The Morgan fingerprint density at radius 1 is 1.15 bits per heavy atom. The van der Waals surface area contributed by atoms with E-state index < -0.39 is 12.0 Å². The lowest BCUT2D eigenvalue weighted by molar-refractivity contribution is -0.136. The zero-order chi connectivity index (χ0) is 14.4. The van der Waals surface area contributed by atoms with Crippen molar-refractivity contribution in [3.8, 4) is 0 Å². The number of urea groups is 1. The summed E-state index contributed by atoms with van der Waals surface area (Å²) in [6, 6.07) is 9.84. The van der Waals surface area contributed by atoms with E-state index in [1.165, 1.54) is 6.26 Å². The number of para-hydroxylation sites is 1. The van der Waals surface area contributed by atoms with Gasteiger partial charge in [0.05, 0.1) is 19.2 Å². The van der Waals surface area contributed by atoms with Gasteiger partial charge in [-0.05, 0) is 23.8 Å². The monoisotopic (exact) mass is 274 g/mol. The summed E-state index contributed by atoms with van der Waals surface area (Å²) in [5.74, 6) is -0.311. The number of hydrogen-bond acceptors (Lipinski definition) is 3. The number of nitrogens with one attached hydrogen (secondary N) is 2. The van der Waals surface area contributed by atoms with Gasteiger partial charge in [-0.1, -0.05) is 18.2 Å². The van der Waals surface area contributed by atoms with Crippen molar-refractivity contribution in [3.05, 3.63) is 54.0 Å². The average molecular weight is 274 g/mol. The number of aliphatic carboxylic acids is 1. The van der Waals surface area contributed by atoms with Crippen LogP contribution in [0.25, 0.3) is 0 Å². The molecule has 2 amide bonds. The van der Waals surface area contributed by atoms with Crippen molar-refractivity contribution >= 4 is 17.7 Å². The molecule has 0 atom stereocenters. The molecule has 0 spiro atoms. The average Bonchev–Trinajstić information content (AvgIpc) is 2.91. The van der Waals surface area contributed by atoms with E-state index >= 15 is 0 Å². The first-order chi connectivity index (χ1) is 9.65. The Hall–Kier alpha value is -2.76. The molecule has 0 radical (unpaired) electrons. The number of carbonyl (C=O) groups is 2.